The van der Waals surface area contributed by atoms with Crippen molar-refractivity contribution < 1.29 is 14.3 Å². The maximum absolute atomic E-state index is 13.2. The van der Waals surface area contributed by atoms with E-state index >= 15 is 0 Å². The van der Waals surface area contributed by atoms with Crippen LogP contribution in [-0.2, 0) is 0 Å². The molecule has 0 unspecified atom stereocenters. The second-order valence-electron chi connectivity index (χ2n) is 8.04. The summed E-state index contributed by atoms with van der Waals surface area (Å²) in [7, 11) is 1.51. The highest BCUT2D eigenvalue weighted by molar-refractivity contribution is 6.06. The first-order valence-electron chi connectivity index (χ1n) is 11.0. The number of nitrogens with zero attached hydrogens (tertiary/aromatic N) is 3. The Morgan fingerprint density at radius 2 is 1.79 bits per heavy atom. The van der Waals surface area contributed by atoms with Gasteiger partial charge >= 0.3 is 0 Å². The molecule has 1 aliphatic rings. The number of amides is 2. The Bertz CT molecular complexity index is 1330. The third-order valence-electron chi connectivity index (χ3n) is 5.59. The number of methoxy groups -OCH3 is 1. The molecule has 0 spiro atoms. The molecule has 4 aromatic rings. The molecule has 1 aliphatic carbocycles. The van der Waals surface area contributed by atoms with Gasteiger partial charge < -0.3 is 15.4 Å². The molecule has 0 saturated heterocycles. The standard InChI is InChI=1S/C26H23N5O3/c1-34-24-14-19(11-12-21(24)29-25(32)18-6-5-13-27-16-18)28-26(33)23-15-22(17-9-10-17)30-31(23)20-7-3-2-4-8-20/h2-8,11-17H,9-10H2,1H3,(H,28,33)(H,29,32). The molecule has 5 rings (SSSR count). The molecule has 1 saturated carbocycles. The first kappa shape index (κ1) is 21.4. The minimum atomic E-state index is -0.303. The van der Waals surface area contributed by atoms with Crippen LogP contribution < -0.4 is 15.4 Å². The highest BCUT2D eigenvalue weighted by Gasteiger charge is 2.29. The van der Waals surface area contributed by atoms with Crippen LogP contribution in [0.4, 0.5) is 11.4 Å². The van der Waals surface area contributed by atoms with Crippen molar-refractivity contribution in [2.24, 2.45) is 0 Å². The highest BCUT2D eigenvalue weighted by atomic mass is 16.5. The summed E-state index contributed by atoms with van der Waals surface area (Å²) in [4.78, 5) is 29.7. The van der Waals surface area contributed by atoms with Gasteiger partial charge in [0.25, 0.3) is 11.8 Å². The smallest absolute Gasteiger partial charge is 0.274 e. The zero-order valence-electron chi connectivity index (χ0n) is 18.6. The summed E-state index contributed by atoms with van der Waals surface area (Å²) in [6.45, 7) is 0. The van der Waals surface area contributed by atoms with E-state index in [0.29, 0.717) is 34.3 Å². The molecule has 0 radical (unpaired) electrons. The predicted molar refractivity (Wildman–Crippen MR) is 129 cm³/mol. The maximum Gasteiger partial charge on any atom is 0.274 e. The third-order valence-corrected chi connectivity index (χ3v) is 5.59. The maximum atomic E-state index is 13.2. The van der Waals surface area contributed by atoms with Gasteiger partial charge in [-0.2, -0.15) is 5.10 Å². The van der Waals surface area contributed by atoms with Gasteiger partial charge in [0, 0.05) is 30.1 Å². The number of hydrogen-bond acceptors (Lipinski definition) is 5. The lowest BCUT2D eigenvalue weighted by atomic mass is 10.2. The Balaban J connectivity index is 1.37. The molecular formula is C26H23N5O3. The molecule has 34 heavy (non-hydrogen) atoms. The summed E-state index contributed by atoms with van der Waals surface area (Å²) in [5.74, 6) is 0.254. The van der Waals surface area contributed by atoms with Crippen LogP contribution in [-0.4, -0.2) is 33.7 Å². The van der Waals surface area contributed by atoms with E-state index in [2.05, 4.69) is 15.6 Å². The van der Waals surface area contributed by atoms with Crippen LogP contribution in [0.3, 0.4) is 0 Å². The van der Waals surface area contributed by atoms with E-state index in [4.69, 9.17) is 9.84 Å². The van der Waals surface area contributed by atoms with Crippen LogP contribution in [0.1, 0.15) is 45.3 Å². The fourth-order valence-electron chi connectivity index (χ4n) is 3.66. The topological polar surface area (TPSA) is 98.1 Å². The van der Waals surface area contributed by atoms with Crippen molar-refractivity contribution in [3.8, 4) is 11.4 Å². The predicted octanol–water partition coefficient (Wildman–Crippen LogP) is 4.66. The number of aromatic nitrogens is 3. The van der Waals surface area contributed by atoms with Gasteiger partial charge in [0.05, 0.1) is 29.7 Å². The van der Waals surface area contributed by atoms with Gasteiger partial charge in [-0.05, 0) is 55.3 Å². The number of hydrogen-bond donors (Lipinski definition) is 2. The quantitative estimate of drug-likeness (QED) is 0.424. The van der Waals surface area contributed by atoms with Gasteiger partial charge in [0.1, 0.15) is 11.4 Å². The molecule has 8 nitrogen and oxygen atoms in total. The number of nitrogens with one attached hydrogen (secondary N) is 2. The van der Waals surface area contributed by atoms with Gasteiger partial charge in [-0.25, -0.2) is 4.68 Å². The fraction of sp³-hybridized carbons (Fsp3) is 0.154. The van der Waals surface area contributed by atoms with Gasteiger partial charge in [-0.1, -0.05) is 18.2 Å². The third kappa shape index (κ3) is 4.52. The zero-order valence-corrected chi connectivity index (χ0v) is 18.6. The average molecular weight is 454 g/mol. The molecule has 0 bridgehead atoms. The minimum absolute atomic E-state index is 0.280. The Morgan fingerprint density at radius 1 is 0.971 bits per heavy atom. The van der Waals surface area contributed by atoms with Gasteiger partial charge in [0.15, 0.2) is 0 Å². The number of benzene rings is 2. The van der Waals surface area contributed by atoms with E-state index in [9.17, 15) is 9.59 Å². The molecule has 170 valence electrons. The van der Waals surface area contributed by atoms with Crippen molar-refractivity contribution in [2.45, 2.75) is 18.8 Å². The lowest BCUT2D eigenvalue weighted by Gasteiger charge is -2.13. The largest absolute Gasteiger partial charge is 0.494 e. The molecule has 1 fully saturated rings. The number of anilines is 2. The van der Waals surface area contributed by atoms with Gasteiger partial charge in [-0.3, -0.25) is 14.6 Å². The Kier molecular flexibility index (Phi) is 5.78. The highest BCUT2D eigenvalue weighted by Crippen LogP contribution is 2.40. The molecule has 0 aliphatic heterocycles. The van der Waals surface area contributed by atoms with Gasteiger partial charge in [0.2, 0.25) is 0 Å². The lowest BCUT2D eigenvalue weighted by molar-refractivity contribution is 0.101. The monoisotopic (exact) mass is 453 g/mol. The first-order chi connectivity index (χ1) is 16.6. The molecule has 2 aromatic carbocycles. The molecule has 8 heteroatoms. The van der Waals surface area contributed by atoms with Crippen molar-refractivity contribution in [1.29, 1.82) is 0 Å². The summed E-state index contributed by atoms with van der Waals surface area (Å²) in [5.41, 5.74) is 3.67. The summed E-state index contributed by atoms with van der Waals surface area (Å²) in [5, 5.41) is 10.4. The van der Waals surface area contributed by atoms with Crippen molar-refractivity contribution in [2.75, 3.05) is 17.7 Å². The van der Waals surface area contributed by atoms with Crippen molar-refractivity contribution >= 4 is 23.2 Å². The molecular weight excluding hydrogens is 430 g/mol. The average Bonchev–Trinajstić information content (AvgIpc) is 3.63. The molecule has 2 heterocycles. The van der Waals surface area contributed by atoms with E-state index in [1.807, 2.05) is 36.4 Å². The number of carbonyl (C=O) groups is 2. The number of rotatable bonds is 7. The Morgan fingerprint density at radius 3 is 2.50 bits per heavy atom. The summed E-state index contributed by atoms with van der Waals surface area (Å²) >= 11 is 0. The van der Waals surface area contributed by atoms with Crippen LogP contribution in [0, 0.1) is 0 Å². The molecule has 0 atom stereocenters. The number of carbonyl (C=O) groups excluding carboxylic acids is 2. The number of ether oxygens (including phenoxy) is 1. The second kappa shape index (κ2) is 9.19. The van der Waals surface area contributed by atoms with E-state index in [1.54, 1.807) is 41.2 Å². The SMILES string of the molecule is COc1cc(NC(=O)c2cc(C3CC3)nn2-c2ccccc2)ccc1NC(=O)c1cccnc1. The second-order valence-corrected chi connectivity index (χ2v) is 8.04. The molecule has 2 amide bonds. The van der Waals surface area contributed by atoms with E-state index in [-0.39, 0.29) is 11.8 Å². The fourth-order valence-corrected chi connectivity index (χ4v) is 3.66. The molecule has 2 aromatic heterocycles. The summed E-state index contributed by atoms with van der Waals surface area (Å²) < 4.78 is 7.13. The van der Waals surface area contributed by atoms with Crippen LogP contribution in [0.2, 0.25) is 0 Å². The van der Waals surface area contributed by atoms with Crippen molar-refractivity contribution in [3.63, 3.8) is 0 Å². The number of pyridine rings is 1. The van der Waals surface area contributed by atoms with Crippen molar-refractivity contribution in [1.82, 2.24) is 14.8 Å². The normalized spacial score (nSPS) is 12.7. The number of para-hydroxylation sites is 1. The summed E-state index contributed by atoms with van der Waals surface area (Å²) in [6, 6.07) is 19.9. The van der Waals surface area contributed by atoms with Crippen molar-refractivity contribution in [3.05, 3.63) is 96.1 Å². The first-order valence-corrected chi connectivity index (χ1v) is 11.0. The van der Waals surface area contributed by atoms with Crippen LogP contribution >= 0.6 is 0 Å². The van der Waals surface area contributed by atoms with E-state index in [0.717, 1.165) is 24.2 Å². The lowest BCUT2D eigenvalue weighted by Crippen LogP contribution is -2.17. The molecule has 2 N–H and O–H groups in total. The minimum Gasteiger partial charge on any atom is -0.494 e. The van der Waals surface area contributed by atoms with E-state index < -0.39 is 0 Å². The van der Waals surface area contributed by atoms with Gasteiger partial charge in [-0.15, -0.1) is 0 Å². The summed E-state index contributed by atoms with van der Waals surface area (Å²) in [6.07, 6.45) is 5.28. The van der Waals surface area contributed by atoms with Crippen LogP contribution in [0.15, 0.2) is 79.1 Å². The van der Waals surface area contributed by atoms with Crippen LogP contribution in [0.25, 0.3) is 5.69 Å². The Hall–Kier alpha value is -4.46. The van der Waals surface area contributed by atoms with E-state index in [1.165, 1.54) is 13.3 Å². The van der Waals surface area contributed by atoms with Crippen LogP contribution in [0.5, 0.6) is 5.75 Å². The Labute approximate surface area is 196 Å². The zero-order chi connectivity index (χ0) is 23.5.